The minimum absolute atomic E-state index is 0.0826. The van der Waals surface area contributed by atoms with Crippen LogP contribution in [0.5, 0.6) is 0 Å². The zero-order valence-electron chi connectivity index (χ0n) is 11.0. The Morgan fingerprint density at radius 3 is 2.57 bits per heavy atom. The van der Waals surface area contributed by atoms with Crippen molar-refractivity contribution in [3.05, 3.63) is 30.1 Å². The first-order valence-electron chi connectivity index (χ1n) is 6.08. The number of nitrogens with two attached hydrogens (primary N) is 1. The molecular formula is C13H15FN2O4S. The van der Waals surface area contributed by atoms with Crippen LogP contribution in [0.2, 0.25) is 0 Å². The fourth-order valence-corrected chi connectivity index (χ4v) is 2.24. The van der Waals surface area contributed by atoms with E-state index in [0.29, 0.717) is 4.90 Å². The molecule has 8 heteroatoms. The third-order valence-electron chi connectivity index (χ3n) is 2.51. The maximum absolute atomic E-state index is 13.3. The molecule has 0 heterocycles. The molecule has 2 amide bonds. The van der Waals surface area contributed by atoms with Crippen molar-refractivity contribution < 1.29 is 23.9 Å². The molecule has 1 rings (SSSR count). The van der Waals surface area contributed by atoms with Crippen molar-refractivity contribution in [1.29, 1.82) is 0 Å². The van der Waals surface area contributed by atoms with E-state index in [9.17, 15) is 18.8 Å². The van der Waals surface area contributed by atoms with Gasteiger partial charge in [-0.1, -0.05) is 12.1 Å². The van der Waals surface area contributed by atoms with Gasteiger partial charge in [0.05, 0.1) is 5.75 Å². The quantitative estimate of drug-likeness (QED) is 0.614. The van der Waals surface area contributed by atoms with Crippen LogP contribution in [-0.2, 0) is 14.4 Å². The summed E-state index contributed by atoms with van der Waals surface area (Å²) < 4.78 is 13.3. The van der Waals surface area contributed by atoms with Gasteiger partial charge in [0.2, 0.25) is 11.8 Å². The average molecular weight is 314 g/mol. The lowest BCUT2D eigenvalue weighted by Crippen LogP contribution is -2.42. The van der Waals surface area contributed by atoms with Crippen molar-refractivity contribution in [1.82, 2.24) is 5.32 Å². The number of carboxylic acid groups (broad SMARTS) is 1. The van der Waals surface area contributed by atoms with Gasteiger partial charge in [-0.3, -0.25) is 9.59 Å². The van der Waals surface area contributed by atoms with Crippen LogP contribution in [-0.4, -0.2) is 34.7 Å². The summed E-state index contributed by atoms with van der Waals surface area (Å²) in [5.74, 6) is -3.02. The number of amides is 2. The van der Waals surface area contributed by atoms with Gasteiger partial charge < -0.3 is 16.2 Å². The van der Waals surface area contributed by atoms with Crippen molar-refractivity contribution in [2.24, 2.45) is 5.73 Å². The zero-order valence-corrected chi connectivity index (χ0v) is 11.9. The second kappa shape index (κ2) is 8.25. The van der Waals surface area contributed by atoms with Crippen molar-refractivity contribution in [2.75, 3.05) is 5.75 Å². The summed E-state index contributed by atoms with van der Waals surface area (Å²) in [6.45, 7) is 0. The zero-order chi connectivity index (χ0) is 15.8. The number of carbonyl (C=O) groups excluding carboxylic acids is 2. The van der Waals surface area contributed by atoms with Gasteiger partial charge in [-0.05, 0) is 18.6 Å². The molecule has 0 bridgehead atoms. The van der Waals surface area contributed by atoms with E-state index in [2.05, 4.69) is 5.32 Å². The van der Waals surface area contributed by atoms with Crippen molar-refractivity contribution >= 4 is 29.5 Å². The smallest absolute Gasteiger partial charge is 0.326 e. The minimum atomic E-state index is -1.25. The Kier molecular flexibility index (Phi) is 6.67. The summed E-state index contributed by atoms with van der Waals surface area (Å²) >= 11 is 0.962. The monoisotopic (exact) mass is 314 g/mol. The van der Waals surface area contributed by atoms with Gasteiger partial charge in [-0.25, -0.2) is 9.18 Å². The Bertz CT molecular complexity index is 539. The summed E-state index contributed by atoms with van der Waals surface area (Å²) in [5, 5.41) is 11.2. The van der Waals surface area contributed by atoms with E-state index < -0.39 is 29.6 Å². The molecule has 0 saturated heterocycles. The van der Waals surface area contributed by atoms with Crippen LogP contribution < -0.4 is 11.1 Å². The Morgan fingerprint density at radius 2 is 2.00 bits per heavy atom. The molecule has 1 aromatic rings. The van der Waals surface area contributed by atoms with Gasteiger partial charge in [0, 0.05) is 11.3 Å². The number of thioether (sulfide) groups is 1. The second-order valence-corrected chi connectivity index (χ2v) is 5.20. The highest BCUT2D eigenvalue weighted by Crippen LogP contribution is 2.20. The largest absolute Gasteiger partial charge is 0.480 e. The Balaban J connectivity index is 2.49. The standard InChI is InChI=1S/C13H15FN2O4S/c14-8-3-1-2-4-10(8)21-7-12(18)16-9(13(19)20)5-6-11(15)17/h1-4,9H,5-7H2,(H2,15,17)(H,16,18)(H,19,20). The van der Waals surface area contributed by atoms with Crippen molar-refractivity contribution in [3.8, 4) is 0 Å². The highest BCUT2D eigenvalue weighted by Gasteiger charge is 2.20. The number of halogens is 1. The lowest BCUT2D eigenvalue weighted by atomic mass is 10.1. The molecule has 6 nitrogen and oxygen atoms in total. The molecule has 1 unspecified atom stereocenters. The number of aliphatic carboxylic acids is 1. The van der Waals surface area contributed by atoms with Gasteiger partial charge in [-0.15, -0.1) is 11.8 Å². The molecule has 0 aliphatic heterocycles. The van der Waals surface area contributed by atoms with E-state index in [1.165, 1.54) is 18.2 Å². The van der Waals surface area contributed by atoms with Gasteiger partial charge >= 0.3 is 5.97 Å². The molecule has 114 valence electrons. The van der Waals surface area contributed by atoms with Crippen molar-refractivity contribution in [2.45, 2.75) is 23.8 Å². The lowest BCUT2D eigenvalue weighted by molar-refractivity contribution is -0.141. The Hall–Kier alpha value is -2.09. The first-order chi connectivity index (χ1) is 9.90. The highest BCUT2D eigenvalue weighted by molar-refractivity contribution is 8.00. The van der Waals surface area contributed by atoms with Crippen LogP contribution >= 0.6 is 11.8 Å². The molecule has 0 spiro atoms. The van der Waals surface area contributed by atoms with Crippen LogP contribution in [0.15, 0.2) is 29.2 Å². The van der Waals surface area contributed by atoms with Crippen LogP contribution in [0.1, 0.15) is 12.8 Å². The predicted molar refractivity (Wildman–Crippen MR) is 75.1 cm³/mol. The van der Waals surface area contributed by atoms with Gasteiger partial charge in [0.1, 0.15) is 11.9 Å². The first-order valence-corrected chi connectivity index (χ1v) is 7.06. The first kappa shape index (κ1) is 17.0. The van der Waals surface area contributed by atoms with Gasteiger partial charge in [0.25, 0.3) is 0 Å². The molecule has 1 atom stereocenters. The van der Waals surface area contributed by atoms with E-state index in [-0.39, 0.29) is 18.6 Å². The summed E-state index contributed by atoms with van der Waals surface area (Å²) in [7, 11) is 0. The molecular weight excluding hydrogens is 299 g/mol. The number of hydrogen-bond acceptors (Lipinski definition) is 4. The van der Waals surface area contributed by atoms with E-state index in [4.69, 9.17) is 10.8 Å². The molecule has 1 aromatic carbocycles. The Morgan fingerprint density at radius 1 is 1.33 bits per heavy atom. The average Bonchev–Trinajstić information content (AvgIpc) is 2.42. The summed E-state index contributed by atoms with van der Waals surface area (Å²) in [5.41, 5.74) is 4.93. The number of carboxylic acids is 1. The molecule has 0 aromatic heterocycles. The van der Waals surface area contributed by atoms with Crippen LogP contribution in [0, 0.1) is 5.82 Å². The summed E-state index contributed by atoms with van der Waals surface area (Å²) in [4.78, 5) is 33.5. The summed E-state index contributed by atoms with van der Waals surface area (Å²) in [6, 6.07) is 4.77. The minimum Gasteiger partial charge on any atom is -0.480 e. The molecule has 0 fully saturated rings. The molecule has 21 heavy (non-hydrogen) atoms. The lowest BCUT2D eigenvalue weighted by Gasteiger charge is -2.13. The topological polar surface area (TPSA) is 109 Å². The third kappa shape index (κ3) is 6.26. The number of primary amides is 1. The number of carbonyl (C=O) groups is 3. The molecule has 0 saturated carbocycles. The van der Waals surface area contributed by atoms with Crippen molar-refractivity contribution in [3.63, 3.8) is 0 Å². The predicted octanol–water partition coefficient (Wildman–Crippen LogP) is 0.753. The molecule has 4 N–H and O–H groups in total. The van der Waals surface area contributed by atoms with Crippen LogP contribution in [0.4, 0.5) is 4.39 Å². The van der Waals surface area contributed by atoms with E-state index >= 15 is 0 Å². The summed E-state index contributed by atoms with van der Waals surface area (Å²) in [6.07, 6.45) is -0.224. The highest BCUT2D eigenvalue weighted by atomic mass is 32.2. The maximum Gasteiger partial charge on any atom is 0.326 e. The number of benzene rings is 1. The fourth-order valence-electron chi connectivity index (χ4n) is 1.49. The number of hydrogen-bond donors (Lipinski definition) is 3. The second-order valence-electron chi connectivity index (χ2n) is 4.18. The van der Waals surface area contributed by atoms with Gasteiger partial charge in [-0.2, -0.15) is 0 Å². The number of nitrogens with one attached hydrogen (secondary N) is 1. The molecule has 0 aliphatic carbocycles. The number of rotatable bonds is 8. The van der Waals surface area contributed by atoms with Crippen LogP contribution in [0.25, 0.3) is 0 Å². The molecule has 0 radical (unpaired) electrons. The molecule has 0 aliphatic rings. The SMILES string of the molecule is NC(=O)CCC(NC(=O)CSc1ccccc1F)C(=O)O. The maximum atomic E-state index is 13.3. The third-order valence-corrected chi connectivity index (χ3v) is 3.56. The van der Waals surface area contributed by atoms with E-state index in [1.54, 1.807) is 6.07 Å². The normalized spacial score (nSPS) is 11.7. The fraction of sp³-hybridized carbons (Fsp3) is 0.308. The van der Waals surface area contributed by atoms with Crippen LogP contribution in [0.3, 0.4) is 0 Å². The van der Waals surface area contributed by atoms with Gasteiger partial charge in [0.15, 0.2) is 0 Å². The van der Waals surface area contributed by atoms with E-state index in [1.807, 2.05) is 0 Å². The van der Waals surface area contributed by atoms with E-state index in [0.717, 1.165) is 11.8 Å². The Labute approximate surface area is 124 Å².